The number of rotatable bonds is 9. The summed E-state index contributed by atoms with van der Waals surface area (Å²) in [6.07, 6.45) is 1.80. The lowest BCUT2D eigenvalue weighted by Crippen LogP contribution is -2.40. The second-order valence-corrected chi connectivity index (χ2v) is 8.46. The van der Waals surface area contributed by atoms with Crippen LogP contribution in [0.15, 0.2) is 48.5 Å². The predicted octanol–water partition coefficient (Wildman–Crippen LogP) is 5.07. The summed E-state index contributed by atoms with van der Waals surface area (Å²) in [6, 6.07) is 13.9. The van der Waals surface area contributed by atoms with Gasteiger partial charge in [0.1, 0.15) is 10.8 Å². The summed E-state index contributed by atoms with van der Waals surface area (Å²) < 4.78 is 13.0. The van der Waals surface area contributed by atoms with Crippen LogP contribution in [-0.4, -0.2) is 16.1 Å². The van der Waals surface area contributed by atoms with Gasteiger partial charge < -0.3 is 10.6 Å². The molecule has 5 nitrogen and oxygen atoms in total. The number of halogens is 2. The van der Waals surface area contributed by atoms with Gasteiger partial charge in [0.2, 0.25) is 5.01 Å². The van der Waals surface area contributed by atoms with Crippen LogP contribution < -0.4 is 10.6 Å². The summed E-state index contributed by atoms with van der Waals surface area (Å²) in [4.78, 5) is 12.4. The molecule has 2 aromatic carbocycles. The van der Waals surface area contributed by atoms with Gasteiger partial charge in [-0.25, -0.2) is 4.39 Å². The van der Waals surface area contributed by atoms with Crippen LogP contribution in [0, 0.1) is 5.82 Å². The van der Waals surface area contributed by atoms with Crippen LogP contribution >= 0.6 is 22.9 Å². The van der Waals surface area contributed by atoms with E-state index in [1.165, 1.54) is 29.0 Å². The van der Waals surface area contributed by atoms with Crippen LogP contribution in [0.4, 0.5) is 4.39 Å². The molecule has 0 aliphatic heterocycles. The molecule has 2 N–H and O–H groups in total. The third-order valence-corrected chi connectivity index (χ3v) is 6.38. The van der Waals surface area contributed by atoms with E-state index in [9.17, 15) is 9.18 Å². The van der Waals surface area contributed by atoms with Crippen LogP contribution in [0.5, 0.6) is 0 Å². The average Bonchev–Trinajstić information content (AvgIpc) is 3.24. The van der Waals surface area contributed by atoms with Crippen molar-refractivity contribution in [3.63, 3.8) is 0 Å². The fourth-order valence-electron chi connectivity index (χ4n) is 3.30. The van der Waals surface area contributed by atoms with Gasteiger partial charge in [0, 0.05) is 17.1 Å². The summed E-state index contributed by atoms with van der Waals surface area (Å²) in [5.41, 5.74) is 1.77. The molecule has 0 saturated carbocycles. The van der Waals surface area contributed by atoms with Crippen LogP contribution in [-0.2, 0) is 18.6 Å². The largest absolute Gasteiger partial charge is 0.346 e. The molecule has 0 unspecified atom stereocenters. The Hall–Kier alpha value is -2.35. The number of nitrogens with one attached hydrogen (secondary N) is 2. The molecule has 0 fully saturated rings. The van der Waals surface area contributed by atoms with Crippen molar-refractivity contribution in [2.45, 2.75) is 45.3 Å². The quantitative estimate of drug-likeness (QED) is 0.481. The SMILES string of the molecule is CCC(CC)(NCc1nnc(C(=O)NCc2ccc(F)cc2)s1)c1ccc(Cl)cc1. The van der Waals surface area contributed by atoms with E-state index in [1.807, 2.05) is 24.3 Å². The fourth-order valence-corrected chi connectivity index (χ4v) is 4.12. The Bertz CT molecular complexity index is 972. The van der Waals surface area contributed by atoms with E-state index in [2.05, 4.69) is 34.7 Å². The molecule has 0 aliphatic carbocycles. The maximum absolute atomic E-state index is 13.0. The Morgan fingerprint density at radius 1 is 1.03 bits per heavy atom. The molecule has 3 rings (SSSR count). The molecule has 3 aromatic rings. The highest BCUT2D eigenvalue weighted by atomic mass is 35.5. The Kier molecular flexibility index (Phi) is 7.53. The van der Waals surface area contributed by atoms with Gasteiger partial charge in [-0.1, -0.05) is 61.1 Å². The molecule has 0 atom stereocenters. The van der Waals surface area contributed by atoms with E-state index in [4.69, 9.17) is 11.6 Å². The monoisotopic (exact) mass is 446 g/mol. The van der Waals surface area contributed by atoms with Crippen LogP contribution in [0.1, 0.15) is 52.6 Å². The van der Waals surface area contributed by atoms with Crippen molar-refractivity contribution in [3.05, 3.63) is 80.5 Å². The summed E-state index contributed by atoms with van der Waals surface area (Å²) in [7, 11) is 0. The molecule has 30 heavy (non-hydrogen) atoms. The number of hydrogen-bond acceptors (Lipinski definition) is 5. The molecule has 0 spiro atoms. The predicted molar refractivity (Wildman–Crippen MR) is 118 cm³/mol. The average molecular weight is 447 g/mol. The minimum atomic E-state index is -0.305. The van der Waals surface area contributed by atoms with E-state index in [0.29, 0.717) is 23.1 Å². The zero-order chi connectivity index (χ0) is 21.6. The molecule has 0 bridgehead atoms. The highest BCUT2D eigenvalue weighted by molar-refractivity contribution is 7.13. The van der Waals surface area contributed by atoms with E-state index in [0.717, 1.165) is 23.4 Å². The summed E-state index contributed by atoms with van der Waals surface area (Å²) in [5.74, 6) is -0.599. The minimum absolute atomic E-state index is 0.207. The van der Waals surface area contributed by atoms with Crippen molar-refractivity contribution in [2.75, 3.05) is 0 Å². The summed E-state index contributed by atoms with van der Waals surface area (Å²) in [5, 5.41) is 16.3. The van der Waals surface area contributed by atoms with Crippen LogP contribution in [0.25, 0.3) is 0 Å². The number of carbonyl (C=O) groups is 1. The number of benzene rings is 2. The van der Waals surface area contributed by atoms with Gasteiger partial charge in [0.15, 0.2) is 0 Å². The second-order valence-electron chi connectivity index (χ2n) is 6.96. The Labute approximate surface area is 184 Å². The van der Waals surface area contributed by atoms with Crippen molar-refractivity contribution in [2.24, 2.45) is 0 Å². The molecule has 8 heteroatoms. The molecule has 158 valence electrons. The highest BCUT2D eigenvalue weighted by Gasteiger charge is 2.28. The topological polar surface area (TPSA) is 66.9 Å². The van der Waals surface area contributed by atoms with Gasteiger partial charge in [-0.2, -0.15) is 0 Å². The van der Waals surface area contributed by atoms with Crippen molar-refractivity contribution >= 4 is 28.8 Å². The number of hydrogen-bond donors (Lipinski definition) is 2. The maximum Gasteiger partial charge on any atom is 0.282 e. The second kappa shape index (κ2) is 10.1. The minimum Gasteiger partial charge on any atom is -0.346 e. The lowest BCUT2D eigenvalue weighted by atomic mass is 9.84. The molecule has 1 amide bonds. The van der Waals surface area contributed by atoms with Gasteiger partial charge in [0.05, 0.1) is 6.54 Å². The van der Waals surface area contributed by atoms with Gasteiger partial charge >= 0.3 is 0 Å². The summed E-state index contributed by atoms with van der Waals surface area (Å²) >= 11 is 7.29. The Morgan fingerprint density at radius 2 is 1.70 bits per heavy atom. The van der Waals surface area contributed by atoms with E-state index in [-0.39, 0.29) is 17.3 Å². The molecular weight excluding hydrogens is 423 g/mol. The lowest BCUT2D eigenvalue weighted by Gasteiger charge is -2.33. The van der Waals surface area contributed by atoms with Crippen LogP contribution in [0.2, 0.25) is 5.02 Å². The smallest absolute Gasteiger partial charge is 0.282 e. The molecule has 0 aliphatic rings. The van der Waals surface area contributed by atoms with Crippen molar-refractivity contribution in [1.82, 2.24) is 20.8 Å². The van der Waals surface area contributed by atoms with Crippen molar-refractivity contribution < 1.29 is 9.18 Å². The van der Waals surface area contributed by atoms with Gasteiger partial charge in [-0.05, 0) is 48.2 Å². The zero-order valence-corrected chi connectivity index (χ0v) is 18.5. The van der Waals surface area contributed by atoms with Gasteiger partial charge in [-0.3, -0.25) is 4.79 Å². The van der Waals surface area contributed by atoms with Crippen molar-refractivity contribution in [3.8, 4) is 0 Å². The fraction of sp³-hybridized carbons (Fsp3) is 0.318. The first kappa shape index (κ1) is 22.3. The molecule has 1 aromatic heterocycles. The first-order valence-corrected chi connectivity index (χ1v) is 11.0. The van der Waals surface area contributed by atoms with E-state index >= 15 is 0 Å². The molecule has 0 radical (unpaired) electrons. The standard InChI is InChI=1S/C22H24ClFN4OS/c1-3-22(4-2,16-7-9-17(23)10-8-16)26-14-19-27-28-21(30-19)20(29)25-13-15-5-11-18(24)12-6-15/h5-12,26H,3-4,13-14H2,1-2H3,(H,25,29). The Balaban J connectivity index is 1.61. The summed E-state index contributed by atoms with van der Waals surface area (Å²) in [6.45, 7) is 5.09. The van der Waals surface area contributed by atoms with E-state index in [1.54, 1.807) is 12.1 Å². The third kappa shape index (κ3) is 5.41. The number of amides is 1. The first-order valence-electron chi connectivity index (χ1n) is 9.82. The highest BCUT2D eigenvalue weighted by Crippen LogP contribution is 2.30. The first-order chi connectivity index (χ1) is 14.5. The lowest BCUT2D eigenvalue weighted by molar-refractivity contribution is 0.0950. The maximum atomic E-state index is 13.0. The van der Waals surface area contributed by atoms with Crippen molar-refractivity contribution in [1.29, 1.82) is 0 Å². The third-order valence-electron chi connectivity index (χ3n) is 5.21. The number of aromatic nitrogens is 2. The molecular formula is C22H24ClFN4OS. The molecule has 1 heterocycles. The van der Waals surface area contributed by atoms with E-state index < -0.39 is 0 Å². The van der Waals surface area contributed by atoms with Gasteiger partial charge in [-0.15, -0.1) is 10.2 Å². The Morgan fingerprint density at radius 3 is 2.33 bits per heavy atom. The zero-order valence-electron chi connectivity index (χ0n) is 16.9. The molecule has 0 saturated heterocycles. The number of nitrogens with zero attached hydrogens (tertiary/aromatic N) is 2. The normalized spacial score (nSPS) is 11.5. The van der Waals surface area contributed by atoms with Gasteiger partial charge in [0.25, 0.3) is 5.91 Å². The number of carbonyl (C=O) groups excluding carboxylic acids is 1. The van der Waals surface area contributed by atoms with Crippen LogP contribution in [0.3, 0.4) is 0 Å².